The second-order valence-electron chi connectivity index (χ2n) is 6.87. The Labute approximate surface area is 175 Å². The Morgan fingerprint density at radius 1 is 1.10 bits per heavy atom. The van der Waals surface area contributed by atoms with Crippen molar-refractivity contribution in [3.05, 3.63) is 88.8 Å². The lowest BCUT2D eigenvalue weighted by atomic mass is 9.89. The molecule has 0 saturated carbocycles. The fraction of sp³-hybridized carbons (Fsp3) is 0.0455. The van der Waals surface area contributed by atoms with E-state index in [0.717, 1.165) is 16.5 Å². The monoisotopic (exact) mass is 415 g/mol. The Bertz CT molecular complexity index is 1320. The molecule has 0 fully saturated rings. The van der Waals surface area contributed by atoms with Crippen LogP contribution in [-0.4, -0.2) is 21.8 Å². The summed E-state index contributed by atoms with van der Waals surface area (Å²) in [5.41, 5.74) is 3.88. The number of rotatable bonds is 3. The van der Waals surface area contributed by atoms with Gasteiger partial charge in [-0.1, -0.05) is 48.0 Å². The maximum atomic E-state index is 12.6. The molecule has 2 amide bonds. The number of anilines is 1. The van der Waals surface area contributed by atoms with E-state index in [-0.39, 0.29) is 11.8 Å². The Kier molecular flexibility index (Phi) is 4.37. The third kappa shape index (κ3) is 3.25. The second kappa shape index (κ2) is 7.20. The highest BCUT2D eigenvalue weighted by molar-refractivity contribution is 6.31. The van der Waals surface area contributed by atoms with Crippen molar-refractivity contribution in [3.8, 4) is 0 Å². The van der Waals surface area contributed by atoms with Gasteiger partial charge in [0.2, 0.25) is 0 Å². The van der Waals surface area contributed by atoms with Gasteiger partial charge in [-0.3, -0.25) is 9.59 Å². The van der Waals surface area contributed by atoms with Crippen LogP contribution in [0.5, 0.6) is 0 Å². The first-order valence-electron chi connectivity index (χ1n) is 9.19. The number of carbonyl (C=O) groups is 2. The number of halogens is 1. The molecule has 1 unspecified atom stereocenters. The predicted molar refractivity (Wildman–Crippen MR) is 114 cm³/mol. The number of aromatic nitrogens is 2. The minimum Gasteiger partial charge on any atom is -0.335 e. The normalized spacial score (nSPS) is 17.5. The van der Waals surface area contributed by atoms with Gasteiger partial charge in [-0.25, -0.2) is 4.98 Å². The number of pyridine rings is 1. The molecule has 146 valence electrons. The van der Waals surface area contributed by atoms with Crippen molar-refractivity contribution >= 4 is 45.8 Å². The van der Waals surface area contributed by atoms with Gasteiger partial charge in [-0.05, 0) is 29.8 Å². The minimum atomic E-state index is -0.397. The van der Waals surface area contributed by atoms with E-state index in [1.54, 1.807) is 24.3 Å². The van der Waals surface area contributed by atoms with Crippen LogP contribution in [0, 0.1) is 5.92 Å². The lowest BCUT2D eigenvalue weighted by Crippen LogP contribution is -2.17. The average Bonchev–Trinajstić information content (AvgIpc) is 3.18. The smallest absolute Gasteiger partial charge is 0.276 e. The molecule has 7 nitrogen and oxygen atoms in total. The quantitative estimate of drug-likeness (QED) is 0.635. The molecule has 5 rings (SSSR count). The minimum absolute atomic E-state index is 0.271. The van der Waals surface area contributed by atoms with Crippen LogP contribution in [0.15, 0.2) is 82.7 Å². The number of hydrogen-bond acceptors (Lipinski definition) is 4. The average molecular weight is 416 g/mol. The van der Waals surface area contributed by atoms with Crippen molar-refractivity contribution in [3.63, 3.8) is 0 Å². The largest absolute Gasteiger partial charge is 0.335 e. The maximum Gasteiger partial charge on any atom is 0.276 e. The molecule has 3 heterocycles. The molecule has 2 N–H and O–H groups in total. The number of nitrogens with zero attached hydrogens (tertiary/aromatic N) is 3. The number of carbonyl (C=O) groups excluding carboxylic acids is 2. The van der Waals surface area contributed by atoms with Crippen LogP contribution in [-0.2, 0) is 4.79 Å². The van der Waals surface area contributed by atoms with Crippen molar-refractivity contribution in [1.82, 2.24) is 9.97 Å². The summed E-state index contributed by atoms with van der Waals surface area (Å²) in [6.07, 6.45) is 8.91. The molecule has 0 saturated heterocycles. The summed E-state index contributed by atoms with van der Waals surface area (Å²) < 4.78 is 0. The van der Waals surface area contributed by atoms with Crippen molar-refractivity contribution < 1.29 is 9.59 Å². The molecule has 2 aromatic heterocycles. The summed E-state index contributed by atoms with van der Waals surface area (Å²) in [6.45, 7) is 0. The predicted octanol–water partition coefficient (Wildman–Crippen LogP) is 4.91. The number of hydrogen-bond donors (Lipinski definition) is 2. The third-order valence-corrected chi connectivity index (χ3v) is 5.12. The molecule has 0 radical (unpaired) electrons. The number of azo groups is 1. The first kappa shape index (κ1) is 18.2. The lowest BCUT2D eigenvalue weighted by Gasteiger charge is -2.19. The molecule has 8 heteroatoms. The summed E-state index contributed by atoms with van der Waals surface area (Å²) in [6, 6.07) is 10.7. The first-order valence-corrected chi connectivity index (χ1v) is 9.57. The fourth-order valence-corrected chi connectivity index (χ4v) is 3.61. The molecule has 1 aliphatic carbocycles. The van der Waals surface area contributed by atoms with E-state index in [9.17, 15) is 9.59 Å². The standard InChI is InChI=1S/C22H14ClN5O2/c23-14-9-13-10-18(26-20(13)24-11-14)22(30)25-15-7-5-12(6-8-15)19-16-3-1-2-4-17(16)21(29)28-27-19/h1-11,17H,(H,24,26)(H,25,30). The van der Waals surface area contributed by atoms with Crippen LogP contribution in [0.4, 0.5) is 5.69 Å². The number of H-pyrrole nitrogens is 1. The maximum absolute atomic E-state index is 12.6. The van der Waals surface area contributed by atoms with Gasteiger partial charge < -0.3 is 10.3 Å². The highest BCUT2D eigenvalue weighted by Gasteiger charge is 2.27. The number of aromatic amines is 1. The molecule has 0 spiro atoms. The summed E-state index contributed by atoms with van der Waals surface area (Å²) in [7, 11) is 0. The lowest BCUT2D eigenvalue weighted by molar-refractivity contribution is -0.119. The zero-order valence-electron chi connectivity index (χ0n) is 15.5. The molecule has 1 aromatic carbocycles. The molecule has 0 bridgehead atoms. The van der Waals surface area contributed by atoms with Gasteiger partial charge in [0.25, 0.3) is 11.8 Å². The Morgan fingerprint density at radius 2 is 1.93 bits per heavy atom. The zero-order chi connectivity index (χ0) is 20.7. The Hall–Kier alpha value is -3.84. The SMILES string of the molecule is O=C(Nc1ccc(C2=C3C=CC=CC3C(=O)N=N2)cc1)c1cc2cc(Cl)cnc2[nH]1. The van der Waals surface area contributed by atoms with E-state index in [1.165, 1.54) is 6.20 Å². The van der Waals surface area contributed by atoms with Crippen LogP contribution in [0.25, 0.3) is 16.7 Å². The first-order chi connectivity index (χ1) is 14.6. The van der Waals surface area contributed by atoms with Crippen molar-refractivity contribution in [2.75, 3.05) is 5.32 Å². The van der Waals surface area contributed by atoms with E-state index in [0.29, 0.717) is 27.7 Å². The van der Waals surface area contributed by atoms with Gasteiger partial charge in [0.1, 0.15) is 11.3 Å². The summed E-state index contributed by atoms with van der Waals surface area (Å²) in [5.74, 6) is -0.958. The molecule has 3 aromatic rings. The molecular formula is C22H14ClN5O2. The van der Waals surface area contributed by atoms with Gasteiger partial charge in [0, 0.05) is 22.8 Å². The number of benzene rings is 1. The van der Waals surface area contributed by atoms with E-state index in [4.69, 9.17) is 11.6 Å². The van der Waals surface area contributed by atoms with Gasteiger partial charge in [0.15, 0.2) is 0 Å². The zero-order valence-corrected chi connectivity index (χ0v) is 16.2. The third-order valence-electron chi connectivity index (χ3n) is 4.91. The Balaban J connectivity index is 1.38. The van der Waals surface area contributed by atoms with Crippen molar-refractivity contribution in [2.24, 2.45) is 16.1 Å². The molecular weight excluding hydrogens is 402 g/mol. The van der Waals surface area contributed by atoms with Crippen LogP contribution in [0.1, 0.15) is 16.1 Å². The topological polar surface area (TPSA) is 99.6 Å². The number of allylic oxidation sites excluding steroid dienone is 3. The highest BCUT2D eigenvalue weighted by Crippen LogP contribution is 2.34. The van der Waals surface area contributed by atoms with Gasteiger partial charge in [-0.15, -0.1) is 10.2 Å². The van der Waals surface area contributed by atoms with E-state index < -0.39 is 5.92 Å². The highest BCUT2D eigenvalue weighted by atomic mass is 35.5. The number of fused-ring (bicyclic) bond motifs is 2. The van der Waals surface area contributed by atoms with E-state index >= 15 is 0 Å². The summed E-state index contributed by atoms with van der Waals surface area (Å²) in [5, 5.41) is 12.0. The summed E-state index contributed by atoms with van der Waals surface area (Å²) >= 11 is 5.95. The van der Waals surface area contributed by atoms with E-state index in [2.05, 4.69) is 25.5 Å². The molecule has 2 aliphatic rings. The summed E-state index contributed by atoms with van der Waals surface area (Å²) in [4.78, 5) is 31.7. The van der Waals surface area contributed by atoms with Crippen LogP contribution < -0.4 is 5.32 Å². The van der Waals surface area contributed by atoms with Gasteiger partial charge in [-0.2, -0.15) is 0 Å². The van der Waals surface area contributed by atoms with Crippen molar-refractivity contribution in [1.29, 1.82) is 0 Å². The van der Waals surface area contributed by atoms with Crippen LogP contribution >= 0.6 is 11.6 Å². The van der Waals surface area contributed by atoms with E-state index in [1.807, 2.05) is 36.4 Å². The van der Waals surface area contributed by atoms with Gasteiger partial charge >= 0.3 is 0 Å². The molecule has 1 atom stereocenters. The molecule has 30 heavy (non-hydrogen) atoms. The number of nitrogens with one attached hydrogen (secondary N) is 2. The van der Waals surface area contributed by atoms with Crippen LogP contribution in [0.3, 0.4) is 0 Å². The van der Waals surface area contributed by atoms with Gasteiger partial charge in [0.05, 0.1) is 16.6 Å². The van der Waals surface area contributed by atoms with Crippen molar-refractivity contribution in [2.45, 2.75) is 0 Å². The fourth-order valence-electron chi connectivity index (χ4n) is 3.45. The number of amides is 2. The molecule has 1 aliphatic heterocycles. The Morgan fingerprint density at radius 3 is 2.77 bits per heavy atom. The second-order valence-corrected chi connectivity index (χ2v) is 7.31. The van der Waals surface area contributed by atoms with Crippen LogP contribution in [0.2, 0.25) is 5.02 Å².